The SMILES string of the molecule is O=C(NC1CCc2c[nH]cc2C1)[C@@]1(C(=O)[C@@H](CC2CCCCC2)NS(=O)(=O)Cc2ccccc2)CCCN1. The van der Waals surface area contributed by atoms with Crippen molar-refractivity contribution in [1.29, 1.82) is 0 Å². The van der Waals surface area contributed by atoms with E-state index >= 15 is 0 Å². The minimum absolute atomic E-state index is 0.0514. The number of benzene rings is 1. The molecule has 1 amide bonds. The highest BCUT2D eigenvalue weighted by Gasteiger charge is 2.51. The van der Waals surface area contributed by atoms with E-state index in [9.17, 15) is 18.0 Å². The Morgan fingerprint density at radius 1 is 1.00 bits per heavy atom. The number of Topliss-reactive ketones (excluding diaryl/α,β-unsaturated/α-hetero) is 1. The van der Waals surface area contributed by atoms with Gasteiger partial charge in [-0.1, -0.05) is 62.4 Å². The molecule has 1 unspecified atom stereocenters. The summed E-state index contributed by atoms with van der Waals surface area (Å²) < 4.78 is 29.3. The van der Waals surface area contributed by atoms with Gasteiger partial charge in [-0.15, -0.1) is 0 Å². The molecule has 0 spiro atoms. The molecule has 0 bridgehead atoms. The number of aryl methyl sites for hydroxylation is 1. The first-order valence-electron chi connectivity index (χ1n) is 14.1. The van der Waals surface area contributed by atoms with Crippen molar-refractivity contribution in [1.82, 2.24) is 20.3 Å². The van der Waals surface area contributed by atoms with Crippen LogP contribution in [0.1, 0.15) is 74.5 Å². The average Bonchev–Trinajstić information content (AvgIpc) is 3.59. The Morgan fingerprint density at radius 2 is 1.76 bits per heavy atom. The van der Waals surface area contributed by atoms with Crippen molar-refractivity contribution >= 4 is 21.7 Å². The summed E-state index contributed by atoms with van der Waals surface area (Å²) in [6.45, 7) is 0.554. The summed E-state index contributed by atoms with van der Waals surface area (Å²) in [5, 5.41) is 6.39. The third kappa shape index (κ3) is 6.21. The first-order valence-corrected chi connectivity index (χ1v) is 15.8. The summed E-state index contributed by atoms with van der Waals surface area (Å²) in [6, 6.07) is 8.00. The summed E-state index contributed by atoms with van der Waals surface area (Å²) in [7, 11) is -3.80. The number of hydrogen-bond acceptors (Lipinski definition) is 5. The maximum Gasteiger partial charge on any atom is 0.248 e. The van der Waals surface area contributed by atoms with Crippen LogP contribution >= 0.6 is 0 Å². The van der Waals surface area contributed by atoms with Gasteiger partial charge in [0, 0.05) is 18.4 Å². The average molecular weight is 541 g/mol. The van der Waals surface area contributed by atoms with Crippen LogP contribution in [0.4, 0.5) is 0 Å². The van der Waals surface area contributed by atoms with Crippen LogP contribution in [0.5, 0.6) is 0 Å². The standard InChI is InChI=1S/C29H40N4O4S/c34-27(29(14-7-15-31-29)28(35)32-25-13-12-23-18-30-19-24(23)17-25)26(16-21-8-3-1-4-9-21)33-38(36,37)20-22-10-5-2-6-11-22/h2,5-6,10-11,18-19,21,25-26,30-31,33H,1,3-4,7-9,12-17,20H2,(H,32,35)/t25?,26-,29+/m1/s1. The molecule has 2 fully saturated rings. The van der Waals surface area contributed by atoms with Crippen molar-refractivity contribution in [2.75, 3.05) is 6.54 Å². The van der Waals surface area contributed by atoms with E-state index in [0.717, 1.165) is 44.9 Å². The summed E-state index contributed by atoms with van der Waals surface area (Å²) in [4.78, 5) is 31.2. The molecule has 5 rings (SSSR count). The molecule has 0 radical (unpaired) electrons. The third-order valence-electron chi connectivity index (χ3n) is 8.59. The molecule has 1 aliphatic heterocycles. The monoisotopic (exact) mass is 540 g/mol. The van der Waals surface area contributed by atoms with Gasteiger partial charge in [0.25, 0.3) is 0 Å². The number of H-pyrrole nitrogens is 1. The van der Waals surface area contributed by atoms with E-state index in [0.29, 0.717) is 31.4 Å². The van der Waals surface area contributed by atoms with Crippen molar-refractivity contribution in [3.05, 3.63) is 59.4 Å². The van der Waals surface area contributed by atoms with Gasteiger partial charge in [-0.3, -0.25) is 14.9 Å². The highest BCUT2D eigenvalue weighted by Crippen LogP contribution is 2.31. The molecule has 9 heteroatoms. The minimum atomic E-state index is -3.80. The van der Waals surface area contributed by atoms with Crippen molar-refractivity contribution in [3.63, 3.8) is 0 Å². The van der Waals surface area contributed by atoms with Gasteiger partial charge in [0.15, 0.2) is 11.3 Å². The van der Waals surface area contributed by atoms with Gasteiger partial charge in [-0.05, 0) is 67.7 Å². The predicted molar refractivity (Wildman–Crippen MR) is 147 cm³/mol. The summed E-state index contributed by atoms with van der Waals surface area (Å²) in [5.41, 5.74) is 1.73. The van der Waals surface area contributed by atoms with Gasteiger partial charge in [-0.25, -0.2) is 13.1 Å². The molecule has 38 heavy (non-hydrogen) atoms. The van der Waals surface area contributed by atoms with Gasteiger partial charge in [0.1, 0.15) is 0 Å². The van der Waals surface area contributed by atoms with Crippen LogP contribution in [0.15, 0.2) is 42.7 Å². The number of sulfonamides is 1. The fourth-order valence-corrected chi connectivity index (χ4v) is 7.91. The maximum absolute atomic E-state index is 14.3. The minimum Gasteiger partial charge on any atom is -0.367 e. The quantitative estimate of drug-likeness (QED) is 0.345. The topological polar surface area (TPSA) is 120 Å². The van der Waals surface area contributed by atoms with Crippen LogP contribution in [-0.4, -0.2) is 49.3 Å². The zero-order valence-electron chi connectivity index (χ0n) is 22.0. The fourth-order valence-electron chi connectivity index (χ4n) is 6.55. The lowest BCUT2D eigenvalue weighted by molar-refractivity contribution is -0.138. The van der Waals surface area contributed by atoms with Crippen LogP contribution in [0.3, 0.4) is 0 Å². The van der Waals surface area contributed by atoms with E-state index in [1.165, 1.54) is 17.5 Å². The molecule has 4 N–H and O–H groups in total. The molecule has 1 saturated heterocycles. The van der Waals surface area contributed by atoms with Crippen LogP contribution in [0.2, 0.25) is 0 Å². The molecule has 2 heterocycles. The van der Waals surface area contributed by atoms with Gasteiger partial charge in [-0.2, -0.15) is 0 Å². The van der Waals surface area contributed by atoms with Crippen molar-refractivity contribution in [2.24, 2.45) is 5.92 Å². The summed E-state index contributed by atoms with van der Waals surface area (Å²) in [6.07, 6.45) is 13.2. The van der Waals surface area contributed by atoms with Crippen molar-refractivity contribution in [3.8, 4) is 0 Å². The number of carbonyl (C=O) groups is 2. The highest BCUT2D eigenvalue weighted by molar-refractivity contribution is 7.88. The van der Waals surface area contributed by atoms with E-state index in [-0.39, 0.29) is 29.4 Å². The molecule has 1 aromatic carbocycles. The van der Waals surface area contributed by atoms with E-state index in [1.54, 1.807) is 24.3 Å². The second-order valence-electron chi connectivity index (χ2n) is 11.4. The number of fused-ring (bicyclic) bond motifs is 1. The third-order valence-corrected chi connectivity index (χ3v) is 9.94. The van der Waals surface area contributed by atoms with Gasteiger partial charge >= 0.3 is 0 Å². The summed E-state index contributed by atoms with van der Waals surface area (Å²) in [5.74, 6) is -0.590. The molecule has 206 valence electrons. The molecule has 3 atom stereocenters. The van der Waals surface area contributed by atoms with Crippen molar-refractivity contribution in [2.45, 2.75) is 94.0 Å². The second-order valence-corrected chi connectivity index (χ2v) is 13.1. The lowest BCUT2D eigenvalue weighted by Crippen LogP contribution is -2.65. The molecule has 8 nitrogen and oxygen atoms in total. The normalized spacial score (nSPS) is 25.0. The van der Waals surface area contributed by atoms with Gasteiger partial charge in [0.05, 0.1) is 11.8 Å². The lowest BCUT2D eigenvalue weighted by Gasteiger charge is -2.35. The van der Waals surface area contributed by atoms with Crippen LogP contribution in [0.25, 0.3) is 0 Å². The smallest absolute Gasteiger partial charge is 0.248 e. The number of amides is 1. The highest BCUT2D eigenvalue weighted by atomic mass is 32.2. The number of hydrogen-bond donors (Lipinski definition) is 4. The van der Waals surface area contributed by atoms with Crippen LogP contribution < -0.4 is 15.4 Å². The van der Waals surface area contributed by atoms with E-state index < -0.39 is 21.6 Å². The Hall–Kier alpha value is -2.49. The van der Waals surface area contributed by atoms with E-state index in [4.69, 9.17) is 0 Å². The van der Waals surface area contributed by atoms with Gasteiger partial charge < -0.3 is 10.3 Å². The first kappa shape index (κ1) is 27.1. The Kier molecular flexibility index (Phi) is 8.35. The molecule has 3 aliphatic rings. The Labute approximate surface area is 225 Å². The zero-order valence-corrected chi connectivity index (χ0v) is 22.8. The Morgan fingerprint density at radius 3 is 2.50 bits per heavy atom. The second kappa shape index (κ2) is 11.7. The van der Waals surface area contributed by atoms with Gasteiger partial charge in [0.2, 0.25) is 15.9 Å². The van der Waals surface area contributed by atoms with Crippen molar-refractivity contribution < 1.29 is 18.0 Å². The van der Waals surface area contributed by atoms with Crippen LogP contribution in [0, 0.1) is 5.92 Å². The fraction of sp³-hybridized carbons (Fsp3) is 0.586. The molecule has 1 aromatic heterocycles. The number of nitrogens with one attached hydrogen (secondary N) is 4. The lowest BCUT2D eigenvalue weighted by atomic mass is 9.79. The molecular weight excluding hydrogens is 500 g/mol. The predicted octanol–water partition coefficient (Wildman–Crippen LogP) is 3.14. The number of carbonyl (C=O) groups excluding carboxylic acids is 2. The number of aromatic nitrogens is 1. The largest absolute Gasteiger partial charge is 0.367 e. The van der Waals surface area contributed by atoms with E-state index in [2.05, 4.69) is 20.3 Å². The van der Waals surface area contributed by atoms with Crippen LogP contribution in [-0.2, 0) is 38.2 Å². The molecule has 1 saturated carbocycles. The molecule has 2 aliphatic carbocycles. The zero-order chi connectivity index (χ0) is 26.6. The molecular formula is C29H40N4O4S. The van der Waals surface area contributed by atoms with E-state index in [1.807, 2.05) is 18.5 Å². The Balaban J connectivity index is 1.35. The summed E-state index contributed by atoms with van der Waals surface area (Å²) >= 11 is 0. The molecule has 2 aromatic rings. The maximum atomic E-state index is 14.3. The first-order chi connectivity index (χ1) is 18.3. The Bertz CT molecular complexity index is 1210. The number of ketones is 1. The number of rotatable bonds is 10. The number of aromatic amines is 1.